The first-order valence-corrected chi connectivity index (χ1v) is 7.86. The Balaban J connectivity index is 3.03. The van der Waals surface area contributed by atoms with Gasteiger partial charge in [0, 0.05) is 10.7 Å². The molecule has 0 amide bonds. The van der Waals surface area contributed by atoms with Crippen LogP contribution in [0.4, 0.5) is 0 Å². The number of ether oxygens (including phenoxy) is 1. The Morgan fingerprint density at radius 1 is 1.24 bits per heavy atom. The van der Waals surface area contributed by atoms with Crippen LogP contribution in [0.3, 0.4) is 0 Å². The average Bonchev–Trinajstić information content (AvgIpc) is 2.23. The second-order valence-corrected chi connectivity index (χ2v) is 6.49. The van der Waals surface area contributed by atoms with Gasteiger partial charge in [-0.25, -0.2) is 8.42 Å². The van der Waals surface area contributed by atoms with Gasteiger partial charge in [0.25, 0.3) is 9.05 Å². The third-order valence-corrected chi connectivity index (χ3v) is 4.17. The third kappa shape index (κ3) is 3.61. The van der Waals surface area contributed by atoms with Gasteiger partial charge in [-0.3, -0.25) is 0 Å². The molecule has 0 aliphatic carbocycles. The monoisotopic (exact) mass is 276 g/mol. The molecule has 96 valence electrons. The van der Waals surface area contributed by atoms with Gasteiger partial charge in [0.1, 0.15) is 5.75 Å². The van der Waals surface area contributed by atoms with Gasteiger partial charge in [-0.15, -0.1) is 0 Å². The number of halogens is 1. The number of hydrogen-bond acceptors (Lipinski definition) is 3. The second kappa shape index (κ2) is 5.74. The topological polar surface area (TPSA) is 43.4 Å². The van der Waals surface area contributed by atoms with E-state index in [2.05, 4.69) is 6.92 Å². The molecule has 3 nitrogen and oxygen atoms in total. The maximum absolute atomic E-state index is 11.3. The predicted molar refractivity (Wildman–Crippen MR) is 69.4 cm³/mol. The van der Waals surface area contributed by atoms with Crippen LogP contribution in [0.1, 0.15) is 30.9 Å². The summed E-state index contributed by atoms with van der Waals surface area (Å²) in [4.78, 5) is 0.152. The van der Waals surface area contributed by atoms with Gasteiger partial charge in [-0.05, 0) is 43.5 Å². The van der Waals surface area contributed by atoms with E-state index in [9.17, 15) is 8.42 Å². The number of hydrogen-bond donors (Lipinski definition) is 0. The van der Waals surface area contributed by atoms with E-state index in [0.29, 0.717) is 12.2 Å². The molecule has 0 aliphatic heterocycles. The molecule has 0 aromatic heterocycles. The number of benzene rings is 1. The molecule has 0 saturated heterocycles. The van der Waals surface area contributed by atoms with Crippen molar-refractivity contribution in [2.75, 3.05) is 6.61 Å². The van der Waals surface area contributed by atoms with Gasteiger partial charge < -0.3 is 4.74 Å². The largest absolute Gasteiger partial charge is 0.493 e. The van der Waals surface area contributed by atoms with Crippen LogP contribution < -0.4 is 4.74 Å². The summed E-state index contributed by atoms with van der Waals surface area (Å²) in [5.74, 6) is 0.722. The van der Waals surface area contributed by atoms with E-state index >= 15 is 0 Å². The van der Waals surface area contributed by atoms with E-state index in [0.717, 1.165) is 24.2 Å². The fourth-order valence-corrected chi connectivity index (χ4v) is 2.77. The van der Waals surface area contributed by atoms with Crippen molar-refractivity contribution in [2.24, 2.45) is 0 Å². The van der Waals surface area contributed by atoms with Crippen LogP contribution in [0.15, 0.2) is 17.0 Å². The molecule has 0 bridgehead atoms. The summed E-state index contributed by atoms with van der Waals surface area (Å²) in [7, 11) is 1.67. The molecule has 1 rings (SSSR count). The zero-order valence-corrected chi connectivity index (χ0v) is 11.9. The maximum Gasteiger partial charge on any atom is 0.261 e. The molecular weight excluding hydrogens is 260 g/mol. The lowest BCUT2D eigenvalue weighted by Gasteiger charge is -2.12. The molecule has 5 heteroatoms. The van der Waals surface area contributed by atoms with Crippen LogP contribution in [-0.2, 0) is 9.05 Å². The Hall–Kier alpha value is -0.740. The van der Waals surface area contributed by atoms with E-state index in [1.54, 1.807) is 13.0 Å². The zero-order valence-electron chi connectivity index (χ0n) is 10.3. The van der Waals surface area contributed by atoms with Crippen LogP contribution >= 0.6 is 10.7 Å². The molecule has 0 N–H and O–H groups in total. The minimum atomic E-state index is -3.68. The molecule has 0 aliphatic rings. The van der Waals surface area contributed by atoms with Gasteiger partial charge >= 0.3 is 0 Å². The third-order valence-electron chi connectivity index (χ3n) is 2.71. The van der Waals surface area contributed by atoms with E-state index in [1.807, 2.05) is 6.92 Å². The molecule has 0 heterocycles. The molecule has 1 aromatic rings. The molecule has 17 heavy (non-hydrogen) atoms. The number of rotatable bonds is 5. The molecule has 0 unspecified atom stereocenters. The summed E-state index contributed by atoms with van der Waals surface area (Å²) in [6, 6.07) is 3.15. The van der Waals surface area contributed by atoms with E-state index in [4.69, 9.17) is 15.4 Å². The van der Waals surface area contributed by atoms with Crippen molar-refractivity contribution in [3.63, 3.8) is 0 Å². The van der Waals surface area contributed by atoms with Crippen LogP contribution in [0.5, 0.6) is 5.75 Å². The van der Waals surface area contributed by atoms with Crippen LogP contribution in [0.2, 0.25) is 0 Å². The van der Waals surface area contributed by atoms with Crippen molar-refractivity contribution in [2.45, 2.75) is 38.5 Å². The van der Waals surface area contributed by atoms with Crippen molar-refractivity contribution in [1.29, 1.82) is 0 Å². The summed E-state index contributed by atoms with van der Waals surface area (Å²) in [5, 5.41) is 0. The summed E-state index contributed by atoms with van der Waals surface area (Å²) in [6.07, 6.45) is 2.04. The highest BCUT2D eigenvalue weighted by Gasteiger charge is 2.16. The van der Waals surface area contributed by atoms with Crippen LogP contribution in [0, 0.1) is 13.8 Å². The predicted octanol–water partition coefficient (Wildman–Crippen LogP) is 3.41. The first kappa shape index (κ1) is 14.3. The summed E-state index contributed by atoms with van der Waals surface area (Å²) in [5.41, 5.74) is 1.47. The SMILES string of the molecule is CCCCOc1ccc(S(=O)(=O)Cl)c(C)c1C. The van der Waals surface area contributed by atoms with Gasteiger partial charge in [0.05, 0.1) is 11.5 Å². The molecule has 0 spiro atoms. The molecular formula is C12H17ClO3S. The first-order valence-electron chi connectivity index (χ1n) is 5.55. The fraction of sp³-hybridized carbons (Fsp3) is 0.500. The zero-order chi connectivity index (χ0) is 13.1. The number of unbranched alkanes of at least 4 members (excludes halogenated alkanes) is 1. The fourth-order valence-electron chi connectivity index (χ4n) is 1.52. The quantitative estimate of drug-likeness (QED) is 0.611. The Labute approximate surface area is 107 Å². The van der Waals surface area contributed by atoms with E-state index in [-0.39, 0.29) is 4.90 Å². The molecule has 0 fully saturated rings. The smallest absolute Gasteiger partial charge is 0.261 e. The van der Waals surface area contributed by atoms with Crippen molar-refractivity contribution in [1.82, 2.24) is 0 Å². The van der Waals surface area contributed by atoms with Gasteiger partial charge in [0.2, 0.25) is 0 Å². The van der Waals surface area contributed by atoms with Gasteiger partial charge in [-0.1, -0.05) is 13.3 Å². The molecule has 1 aromatic carbocycles. The minimum Gasteiger partial charge on any atom is -0.493 e. The van der Waals surface area contributed by atoms with Crippen molar-refractivity contribution >= 4 is 19.7 Å². The Morgan fingerprint density at radius 3 is 2.41 bits per heavy atom. The lowest BCUT2D eigenvalue weighted by atomic mass is 10.1. The normalized spacial score (nSPS) is 11.5. The minimum absolute atomic E-state index is 0.152. The summed E-state index contributed by atoms with van der Waals surface area (Å²) < 4.78 is 28.2. The van der Waals surface area contributed by atoms with Crippen molar-refractivity contribution in [3.8, 4) is 5.75 Å². The van der Waals surface area contributed by atoms with E-state index < -0.39 is 9.05 Å². The molecule has 0 saturated carbocycles. The lowest BCUT2D eigenvalue weighted by molar-refractivity contribution is 0.307. The van der Waals surface area contributed by atoms with Crippen molar-refractivity contribution < 1.29 is 13.2 Å². The standard InChI is InChI=1S/C12H17ClO3S/c1-4-5-8-16-11-6-7-12(17(13,14)15)10(3)9(11)2/h6-7H,4-5,8H2,1-3H3. The van der Waals surface area contributed by atoms with E-state index in [1.165, 1.54) is 6.07 Å². The Kier molecular flexibility index (Phi) is 4.83. The lowest BCUT2D eigenvalue weighted by Crippen LogP contribution is -2.02. The molecule has 0 atom stereocenters. The highest BCUT2D eigenvalue weighted by molar-refractivity contribution is 8.13. The van der Waals surface area contributed by atoms with Crippen LogP contribution in [-0.4, -0.2) is 15.0 Å². The second-order valence-electron chi connectivity index (χ2n) is 3.95. The highest BCUT2D eigenvalue weighted by Crippen LogP contribution is 2.28. The summed E-state index contributed by atoms with van der Waals surface area (Å²) >= 11 is 0. The highest BCUT2D eigenvalue weighted by atomic mass is 35.7. The van der Waals surface area contributed by atoms with Crippen LogP contribution in [0.25, 0.3) is 0 Å². The van der Waals surface area contributed by atoms with Gasteiger partial charge in [0.15, 0.2) is 0 Å². The first-order chi connectivity index (χ1) is 7.88. The Morgan fingerprint density at radius 2 is 1.88 bits per heavy atom. The average molecular weight is 277 g/mol. The maximum atomic E-state index is 11.3. The summed E-state index contributed by atoms with van der Waals surface area (Å²) in [6.45, 7) is 6.30. The molecule has 0 radical (unpaired) electrons. The Bertz CT molecular complexity index is 495. The van der Waals surface area contributed by atoms with Gasteiger partial charge in [-0.2, -0.15) is 0 Å². The van der Waals surface area contributed by atoms with Crippen molar-refractivity contribution in [3.05, 3.63) is 23.3 Å².